The molecule has 0 radical (unpaired) electrons. The third-order valence-electron chi connectivity index (χ3n) is 6.06. The van der Waals surface area contributed by atoms with Crippen molar-refractivity contribution in [2.45, 2.75) is 43.2 Å². The van der Waals surface area contributed by atoms with Gasteiger partial charge >= 0.3 is 5.97 Å². The minimum absolute atomic E-state index is 0.126. The van der Waals surface area contributed by atoms with Gasteiger partial charge in [0.2, 0.25) is 5.88 Å². The van der Waals surface area contributed by atoms with Gasteiger partial charge in [-0.3, -0.25) is 9.59 Å². The quantitative estimate of drug-likeness (QED) is 0.533. The number of carboxylic acids is 1. The summed E-state index contributed by atoms with van der Waals surface area (Å²) in [5.41, 5.74) is 8.26. The van der Waals surface area contributed by atoms with Crippen LogP contribution >= 0.6 is 11.8 Å². The van der Waals surface area contributed by atoms with Crippen LogP contribution in [0.4, 0.5) is 11.5 Å². The van der Waals surface area contributed by atoms with Crippen molar-refractivity contribution in [3.05, 3.63) is 35.4 Å². The number of carbonyl (C=O) groups is 2. The summed E-state index contributed by atoms with van der Waals surface area (Å²) in [5, 5.41) is 9.46. The smallest absolute Gasteiger partial charge is 0.303 e. The van der Waals surface area contributed by atoms with Gasteiger partial charge in [0.1, 0.15) is 18.0 Å². The Morgan fingerprint density at radius 1 is 1.23 bits per heavy atom. The van der Waals surface area contributed by atoms with E-state index in [2.05, 4.69) is 22.1 Å². The molecule has 1 amide bonds. The minimum atomic E-state index is -0.712. The van der Waals surface area contributed by atoms with Gasteiger partial charge in [0, 0.05) is 12.1 Å². The van der Waals surface area contributed by atoms with Crippen LogP contribution in [0.5, 0.6) is 5.88 Å². The molecule has 8 nitrogen and oxygen atoms in total. The zero-order valence-corrected chi connectivity index (χ0v) is 18.2. The van der Waals surface area contributed by atoms with E-state index in [4.69, 9.17) is 15.6 Å². The number of amides is 1. The summed E-state index contributed by atoms with van der Waals surface area (Å²) in [6.45, 7) is 0.710. The predicted octanol–water partition coefficient (Wildman–Crippen LogP) is 3.57. The molecule has 1 aliphatic carbocycles. The molecule has 0 spiro atoms. The van der Waals surface area contributed by atoms with Crippen molar-refractivity contribution >= 4 is 35.1 Å². The highest BCUT2D eigenvalue weighted by atomic mass is 32.2. The lowest BCUT2D eigenvalue weighted by Gasteiger charge is -2.28. The van der Waals surface area contributed by atoms with E-state index in [-0.39, 0.29) is 35.5 Å². The number of anilines is 2. The number of hydrogen-bond donors (Lipinski definition) is 2. The molecule has 3 N–H and O–H groups in total. The van der Waals surface area contributed by atoms with E-state index in [1.54, 1.807) is 4.90 Å². The normalized spacial score (nSPS) is 21.2. The Morgan fingerprint density at radius 2 is 1.94 bits per heavy atom. The fourth-order valence-corrected chi connectivity index (χ4v) is 4.79. The maximum absolute atomic E-state index is 13.2. The molecule has 164 valence electrons. The molecule has 1 aromatic carbocycles. The minimum Gasteiger partial charge on any atom is -0.481 e. The first-order valence-corrected chi connectivity index (χ1v) is 11.7. The number of carboxylic acid groups (broad SMARTS) is 1. The van der Waals surface area contributed by atoms with E-state index in [1.807, 2.05) is 18.4 Å². The number of ether oxygens (including phenoxy) is 1. The van der Waals surface area contributed by atoms with Crippen LogP contribution in [0.3, 0.4) is 0 Å². The molecule has 2 aromatic rings. The molecule has 9 heteroatoms. The zero-order valence-electron chi connectivity index (χ0n) is 17.4. The van der Waals surface area contributed by atoms with Crippen LogP contribution in [-0.4, -0.2) is 46.4 Å². The highest BCUT2D eigenvalue weighted by Crippen LogP contribution is 2.38. The highest BCUT2D eigenvalue weighted by Gasteiger charge is 2.30. The van der Waals surface area contributed by atoms with Crippen molar-refractivity contribution in [2.24, 2.45) is 5.92 Å². The molecule has 1 saturated carbocycles. The van der Waals surface area contributed by atoms with Crippen molar-refractivity contribution in [1.29, 1.82) is 0 Å². The van der Waals surface area contributed by atoms with Gasteiger partial charge in [0.25, 0.3) is 5.91 Å². The molecule has 4 rings (SSSR count). The number of fused-ring (bicyclic) bond motifs is 1. The number of carbonyl (C=O) groups excluding carboxylic acids is 1. The lowest BCUT2D eigenvalue weighted by atomic mass is 9.77. The number of aromatic nitrogens is 2. The third kappa shape index (κ3) is 4.61. The Labute approximate surface area is 185 Å². The van der Waals surface area contributed by atoms with Gasteiger partial charge in [-0.05, 0) is 61.5 Å². The van der Waals surface area contributed by atoms with Crippen molar-refractivity contribution in [2.75, 3.05) is 30.0 Å². The van der Waals surface area contributed by atoms with Crippen LogP contribution in [0.1, 0.15) is 53.9 Å². The Balaban J connectivity index is 1.49. The summed E-state index contributed by atoms with van der Waals surface area (Å²) in [7, 11) is 0. The van der Waals surface area contributed by atoms with E-state index < -0.39 is 5.97 Å². The molecule has 2 heterocycles. The standard InChI is InChI=1S/C22H26N4O4S/c1-31-22-24-19(23)18-20(25-22)30-11-10-26(21(18)29)16-8-6-15(7-9-16)14-4-2-13(3-5-14)12-17(27)28/h6-9,13-14H,2-5,10-12H2,1H3,(H,27,28)(H2,23,24,25)/t13-,14-. The number of aliphatic carboxylic acids is 1. The van der Waals surface area contributed by atoms with Crippen molar-refractivity contribution < 1.29 is 19.4 Å². The fourth-order valence-electron chi connectivity index (χ4n) is 4.42. The summed E-state index contributed by atoms with van der Waals surface area (Å²) in [6.07, 6.45) is 5.97. The maximum atomic E-state index is 13.2. The average molecular weight is 443 g/mol. The van der Waals surface area contributed by atoms with Crippen LogP contribution in [0.25, 0.3) is 0 Å². The maximum Gasteiger partial charge on any atom is 0.303 e. The van der Waals surface area contributed by atoms with Gasteiger partial charge in [-0.25, -0.2) is 4.98 Å². The summed E-state index contributed by atoms with van der Waals surface area (Å²) >= 11 is 1.34. The van der Waals surface area contributed by atoms with Crippen LogP contribution < -0.4 is 15.4 Å². The molecule has 31 heavy (non-hydrogen) atoms. The second kappa shape index (κ2) is 9.13. The van der Waals surface area contributed by atoms with E-state index in [0.717, 1.165) is 31.4 Å². The zero-order chi connectivity index (χ0) is 22.0. The second-order valence-corrected chi connectivity index (χ2v) is 8.76. The van der Waals surface area contributed by atoms with E-state index in [9.17, 15) is 9.59 Å². The fraction of sp³-hybridized carbons (Fsp3) is 0.455. The van der Waals surface area contributed by atoms with E-state index in [1.165, 1.54) is 17.3 Å². The van der Waals surface area contributed by atoms with Crippen molar-refractivity contribution in [1.82, 2.24) is 9.97 Å². The SMILES string of the molecule is CSc1nc(N)c2c(n1)OCCN(c1ccc([C@H]3CC[C@H](CC(=O)O)CC3)cc1)C2=O. The third-order valence-corrected chi connectivity index (χ3v) is 6.61. The van der Waals surface area contributed by atoms with Crippen LogP contribution in [-0.2, 0) is 4.79 Å². The Bertz CT molecular complexity index is 974. The molecule has 0 unspecified atom stereocenters. The molecule has 0 bridgehead atoms. The predicted molar refractivity (Wildman–Crippen MR) is 119 cm³/mol. The van der Waals surface area contributed by atoms with Gasteiger partial charge in [0.05, 0.1) is 6.54 Å². The van der Waals surface area contributed by atoms with Crippen LogP contribution in [0, 0.1) is 5.92 Å². The Hall–Kier alpha value is -2.81. The molecule has 0 atom stereocenters. The van der Waals surface area contributed by atoms with Crippen LogP contribution in [0.15, 0.2) is 29.4 Å². The molecule has 1 aromatic heterocycles. The Morgan fingerprint density at radius 3 is 2.58 bits per heavy atom. The van der Waals surface area contributed by atoms with Gasteiger partial charge in [-0.1, -0.05) is 23.9 Å². The molecular formula is C22H26N4O4S. The first-order valence-electron chi connectivity index (χ1n) is 10.4. The van der Waals surface area contributed by atoms with Gasteiger partial charge in [-0.15, -0.1) is 0 Å². The molecule has 0 saturated heterocycles. The van der Waals surface area contributed by atoms with E-state index in [0.29, 0.717) is 24.2 Å². The number of benzene rings is 1. The number of hydrogen-bond acceptors (Lipinski definition) is 7. The van der Waals surface area contributed by atoms with E-state index >= 15 is 0 Å². The number of nitrogens with zero attached hydrogens (tertiary/aromatic N) is 3. The summed E-state index contributed by atoms with van der Waals surface area (Å²) < 4.78 is 5.70. The van der Waals surface area contributed by atoms with Gasteiger partial charge in [0.15, 0.2) is 5.16 Å². The van der Waals surface area contributed by atoms with Gasteiger partial charge in [-0.2, -0.15) is 4.98 Å². The summed E-state index contributed by atoms with van der Waals surface area (Å²) in [4.78, 5) is 34.3. The molecule has 1 aliphatic heterocycles. The van der Waals surface area contributed by atoms with Crippen molar-refractivity contribution in [3.8, 4) is 5.88 Å². The number of nitrogen functional groups attached to an aromatic ring is 1. The second-order valence-electron chi connectivity index (χ2n) is 7.99. The first-order chi connectivity index (χ1) is 15.0. The number of nitrogens with two attached hydrogens (primary N) is 1. The highest BCUT2D eigenvalue weighted by molar-refractivity contribution is 7.98. The molecule has 2 aliphatic rings. The largest absolute Gasteiger partial charge is 0.481 e. The lowest BCUT2D eigenvalue weighted by molar-refractivity contribution is -0.138. The average Bonchev–Trinajstić information content (AvgIpc) is 2.93. The summed E-state index contributed by atoms with van der Waals surface area (Å²) in [5.74, 6) is 0.0926. The summed E-state index contributed by atoms with van der Waals surface area (Å²) in [6, 6.07) is 8.03. The Kier molecular flexibility index (Phi) is 6.31. The molecular weight excluding hydrogens is 416 g/mol. The van der Waals surface area contributed by atoms with Crippen molar-refractivity contribution in [3.63, 3.8) is 0 Å². The first kappa shape index (κ1) is 21.4. The number of rotatable bonds is 5. The van der Waals surface area contributed by atoms with Gasteiger partial charge < -0.3 is 20.5 Å². The topological polar surface area (TPSA) is 119 Å². The number of thioether (sulfide) groups is 1. The molecule has 1 fully saturated rings. The lowest BCUT2D eigenvalue weighted by Crippen LogP contribution is -2.32. The van der Waals surface area contributed by atoms with Crippen LogP contribution in [0.2, 0.25) is 0 Å². The monoisotopic (exact) mass is 442 g/mol.